The highest BCUT2D eigenvalue weighted by atomic mass is 32.2. The highest BCUT2D eigenvalue weighted by molar-refractivity contribution is 8.18. The molecule has 1 atom stereocenters. The number of nitrogens with zero attached hydrogens (tertiary/aromatic N) is 2. The first-order valence-corrected chi connectivity index (χ1v) is 8.65. The zero-order valence-electron chi connectivity index (χ0n) is 12.9. The number of carbonyl (C=O) groups excluding carboxylic acids is 1. The summed E-state index contributed by atoms with van der Waals surface area (Å²) >= 11 is 1.45. The van der Waals surface area contributed by atoms with Crippen molar-refractivity contribution in [3.05, 3.63) is 34.2 Å². The van der Waals surface area contributed by atoms with Crippen LogP contribution in [0, 0.1) is 0 Å². The Morgan fingerprint density at radius 3 is 3.00 bits per heavy atom. The molecule has 1 aromatic rings. The van der Waals surface area contributed by atoms with Crippen LogP contribution in [0.25, 0.3) is 6.08 Å². The third-order valence-electron chi connectivity index (χ3n) is 4.11. The topological polar surface area (TPSA) is 51.1 Å². The number of fused-ring (bicyclic) bond motifs is 1. The van der Waals surface area contributed by atoms with Crippen LogP contribution in [0.2, 0.25) is 0 Å². The second-order valence-corrected chi connectivity index (χ2v) is 6.92. The lowest BCUT2D eigenvalue weighted by molar-refractivity contribution is -0.113. The van der Waals surface area contributed by atoms with E-state index in [9.17, 15) is 4.79 Å². The van der Waals surface area contributed by atoms with Gasteiger partial charge >= 0.3 is 0 Å². The van der Waals surface area contributed by atoms with Gasteiger partial charge in [0.25, 0.3) is 5.91 Å². The molecular weight excluding hydrogens is 312 g/mol. The van der Waals surface area contributed by atoms with Crippen LogP contribution in [0.3, 0.4) is 0 Å². The van der Waals surface area contributed by atoms with Gasteiger partial charge in [0.1, 0.15) is 11.9 Å². The third kappa shape index (κ3) is 3.01. The predicted octanol–water partition coefficient (Wildman–Crippen LogP) is 2.31. The van der Waals surface area contributed by atoms with Crippen molar-refractivity contribution in [1.82, 2.24) is 4.90 Å². The number of benzene rings is 1. The maximum Gasteiger partial charge on any atom is 0.286 e. The zero-order chi connectivity index (χ0) is 15.8. The first-order chi connectivity index (χ1) is 11.2. The van der Waals surface area contributed by atoms with Crippen LogP contribution in [0.4, 0.5) is 0 Å². The number of aliphatic imine (C=N–C) groups is 1. The highest BCUT2D eigenvalue weighted by Crippen LogP contribution is 2.33. The monoisotopic (exact) mass is 330 g/mol. The summed E-state index contributed by atoms with van der Waals surface area (Å²) in [5.41, 5.74) is 2.23. The van der Waals surface area contributed by atoms with Gasteiger partial charge in [-0.05, 0) is 48.0 Å². The van der Waals surface area contributed by atoms with Crippen LogP contribution in [0.1, 0.15) is 18.1 Å². The molecule has 0 N–H and O–H groups in total. The van der Waals surface area contributed by atoms with Crippen LogP contribution >= 0.6 is 11.8 Å². The van der Waals surface area contributed by atoms with Gasteiger partial charge in [-0.1, -0.05) is 6.07 Å². The van der Waals surface area contributed by atoms with Crippen molar-refractivity contribution in [1.29, 1.82) is 0 Å². The number of amidine groups is 1. The zero-order valence-corrected chi connectivity index (χ0v) is 13.8. The quantitative estimate of drug-likeness (QED) is 0.740. The fourth-order valence-electron chi connectivity index (χ4n) is 2.97. The van der Waals surface area contributed by atoms with Crippen LogP contribution in [-0.2, 0) is 16.0 Å². The number of amides is 1. The Morgan fingerprint density at radius 2 is 2.17 bits per heavy atom. The summed E-state index contributed by atoms with van der Waals surface area (Å²) in [6, 6.07) is 6.08. The molecule has 0 aromatic heterocycles. The predicted molar refractivity (Wildman–Crippen MR) is 90.6 cm³/mol. The number of carbonyl (C=O) groups is 1. The minimum atomic E-state index is -0.151. The Hall–Kier alpha value is -1.79. The largest absolute Gasteiger partial charge is 0.490 e. The Balaban J connectivity index is 1.52. The standard InChI is InChI=1S/C17H18N2O3S/c1-11-8-13-9-12(2-3-14(13)22-11)10-15-16(20)18-17(23-15)19-4-6-21-7-5-19/h2-3,9-11H,4-8H2,1H3/b15-10+. The number of thioether (sulfide) groups is 1. The molecule has 3 aliphatic rings. The summed E-state index contributed by atoms with van der Waals surface area (Å²) in [6.07, 6.45) is 3.07. The highest BCUT2D eigenvalue weighted by Gasteiger charge is 2.27. The Kier molecular flexibility index (Phi) is 3.87. The maximum atomic E-state index is 12.2. The summed E-state index contributed by atoms with van der Waals surface area (Å²) in [5, 5.41) is 0.794. The van der Waals surface area contributed by atoms with Gasteiger partial charge in [0.2, 0.25) is 0 Å². The lowest BCUT2D eigenvalue weighted by atomic mass is 10.1. The lowest BCUT2D eigenvalue weighted by Crippen LogP contribution is -2.38. The number of hydrogen-bond acceptors (Lipinski definition) is 5. The molecule has 23 heavy (non-hydrogen) atoms. The second kappa shape index (κ2) is 6.02. The molecule has 0 spiro atoms. The Labute approximate surface area is 139 Å². The van der Waals surface area contributed by atoms with Crippen LogP contribution in [0.15, 0.2) is 28.1 Å². The van der Waals surface area contributed by atoms with E-state index in [0.29, 0.717) is 18.1 Å². The van der Waals surface area contributed by atoms with Crippen LogP contribution in [-0.4, -0.2) is 48.4 Å². The minimum absolute atomic E-state index is 0.151. The molecule has 1 aromatic carbocycles. The molecule has 0 bridgehead atoms. The molecular formula is C17H18N2O3S. The van der Waals surface area contributed by atoms with Crippen LogP contribution < -0.4 is 4.74 Å². The Bertz CT molecular complexity index is 708. The van der Waals surface area contributed by atoms with Crippen molar-refractivity contribution < 1.29 is 14.3 Å². The van der Waals surface area contributed by atoms with Gasteiger partial charge in [-0.3, -0.25) is 4.79 Å². The average molecular weight is 330 g/mol. The summed E-state index contributed by atoms with van der Waals surface area (Å²) in [6.45, 7) is 5.03. The molecule has 4 rings (SSSR count). The number of hydrogen-bond donors (Lipinski definition) is 0. The SMILES string of the molecule is CC1Cc2cc(/C=C3/SC(N4CCOCC4)=NC3=O)ccc2O1. The van der Waals surface area contributed by atoms with Gasteiger partial charge in [0.05, 0.1) is 18.1 Å². The number of rotatable bonds is 1. The lowest BCUT2D eigenvalue weighted by Gasteiger charge is -2.27. The molecule has 1 amide bonds. The fourth-order valence-corrected chi connectivity index (χ4v) is 3.94. The van der Waals surface area contributed by atoms with Gasteiger partial charge in [-0.15, -0.1) is 0 Å². The molecule has 1 fully saturated rings. The van der Waals surface area contributed by atoms with Crippen molar-refractivity contribution in [2.24, 2.45) is 4.99 Å². The molecule has 120 valence electrons. The first-order valence-electron chi connectivity index (χ1n) is 7.84. The van der Waals surface area contributed by atoms with Crippen molar-refractivity contribution in [3.63, 3.8) is 0 Å². The van der Waals surface area contributed by atoms with E-state index >= 15 is 0 Å². The molecule has 0 radical (unpaired) electrons. The second-order valence-electron chi connectivity index (χ2n) is 5.91. The van der Waals surface area contributed by atoms with Crippen molar-refractivity contribution in [2.75, 3.05) is 26.3 Å². The molecule has 1 unspecified atom stereocenters. The van der Waals surface area contributed by atoms with Gasteiger partial charge in [0, 0.05) is 19.5 Å². The van der Waals surface area contributed by atoms with Gasteiger partial charge in [-0.2, -0.15) is 4.99 Å². The minimum Gasteiger partial charge on any atom is -0.490 e. The molecule has 5 nitrogen and oxygen atoms in total. The fraction of sp³-hybridized carbons (Fsp3) is 0.412. The summed E-state index contributed by atoms with van der Waals surface area (Å²) in [7, 11) is 0. The van der Waals surface area contributed by atoms with E-state index in [-0.39, 0.29) is 12.0 Å². The van der Waals surface area contributed by atoms with Gasteiger partial charge in [-0.25, -0.2) is 0 Å². The molecule has 0 saturated carbocycles. The van der Waals surface area contributed by atoms with Crippen LogP contribution in [0.5, 0.6) is 5.75 Å². The number of ether oxygens (including phenoxy) is 2. The average Bonchev–Trinajstić information content (AvgIpc) is 3.10. The first kappa shape index (κ1) is 14.8. The Morgan fingerprint density at radius 1 is 1.35 bits per heavy atom. The van der Waals surface area contributed by atoms with E-state index in [4.69, 9.17) is 9.47 Å². The van der Waals surface area contributed by atoms with E-state index < -0.39 is 0 Å². The van der Waals surface area contributed by atoms with Crippen molar-refractivity contribution >= 4 is 28.9 Å². The van der Waals surface area contributed by atoms with E-state index in [1.807, 2.05) is 18.2 Å². The summed E-state index contributed by atoms with van der Waals surface area (Å²) < 4.78 is 11.1. The molecule has 6 heteroatoms. The normalized spacial score (nSPS) is 25.5. The smallest absolute Gasteiger partial charge is 0.286 e. The number of morpholine rings is 1. The van der Waals surface area contributed by atoms with E-state index in [2.05, 4.69) is 22.9 Å². The molecule has 1 saturated heterocycles. The van der Waals surface area contributed by atoms with Gasteiger partial charge < -0.3 is 14.4 Å². The summed E-state index contributed by atoms with van der Waals surface area (Å²) in [4.78, 5) is 19.1. The molecule has 0 aliphatic carbocycles. The molecule has 3 heterocycles. The third-order valence-corrected chi connectivity index (χ3v) is 5.15. The van der Waals surface area contributed by atoms with E-state index in [1.165, 1.54) is 17.3 Å². The maximum absolute atomic E-state index is 12.2. The summed E-state index contributed by atoms with van der Waals surface area (Å²) in [5.74, 6) is 0.803. The van der Waals surface area contributed by atoms with Crippen molar-refractivity contribution in [3.8, 4) is 5.75 Å². The van der Waals surface area contributed by atoms with Gasteiger partial charge in [0.15, 0.2) is 5.17 Å². The van der Waals surface area contributed by atoms with E-state index in [1.54, 1.807) is 0 Å². The van der Waals surface area contributed by atoms with Crippen molar-refractivity contribution in [2.45, 2.75) is 19.4 Å². The van der Waals surface area contributed by atoms with E-state index in [0.717, 1.165) is 36.0 Å². The molecule has 3 aliphatic heterocycles.